The van der Waals surface area contributed by atoms with Gasteiger partial charge in [0.05, 0.1) is 22.2 Å². The van der Waals surface area contributed by atoms with Gasteiger partial charge in [-0.05, 0) is 24.3 Å². The molecule has 0 saturated heterocycles. The van der Waals surface area contributed by atoms with E-state index < -0.39 is 5.97 Å². The summed E-state index contributed by atoms with van der Waals surface area (Å²) in [6, 6.07) is 11.0. The van der Waals surface area contributed by atoms with Crippen LogP contribution in [0, 0.1) is 0 Å². The molecule has 0 spiro atoms. The Bertz CT molecular complexity index is 952. The van der Waals surface area contributed by atoms with Crippen molar-refractivity contribution in [2.75, 3.05) is 7.11 Å². The number of ether oxygens (including phenoxy) is 1. The lowest BCUT2D eigenvalue weighted by Gasteiger charge is -1.96. The number of nitrogens with zero attached hydrogens (tertiary/aromatic N) is 2. The molecular formula is C15H13N3O3S2. The van der Waals surface area contributed by atoms with Gasteiger partial charge in [-0.2, -0.15) is 0 Å². The number of thiazole rings is 1. The molecule has 23 heavy (non-hydrogen) atoms. The van der Waals surface area contributed by atoms with Gasteiger partial charge in [-0.1, -0.05) is 23.5 Å². The molecule has 118 valence electrons. The molecule has 3 rings (SSSR count). The first kappa shape index (κ1) is 15.4. The third-order valence-corrected chi connectivity index (χ3v) is 5.36. The maximum absolute atomic E-state index is 12.1. The highest BCUT2D eigenvalue weighted by Crippen LogP contribution is 2.17. The predicted molar refractivity (Wildman–Crippen MR) is 89.5 cm³/mol. The summed E-state index contributed by atoms with van der Waals surface area (Å²) >= 11 is 2.55. The molecule has 0 radical (unpaired) electrons. The van der Waals surface area contributed by atoms with E-state index in [0.717, 1.165) is 21.6 Å². The average Bonchev–Trinajstić information content (AvgIpc) is 3.18. The minimum absolute atomic E-state index is 0.359. The van der Waals surface area contributed by atoms with Crippen LogP contribution in [0.2, 0.25) is 0 Å². The summed E-state index contributed by atoms with van der Waals surface area (Å²) in [5.74, 6) is -0.815. The standard InChI is InChI=1S/C15H13N3O3S2/c1-18-9-5-3-4-6-10(9)23-15(18)17-16-13(19)11-7-8-12(22-11)14(20)21-2/h3-8H,1-2H3,(H,16,19)/b17-15+. The number of aromatic nitrogens is 1. The quantitative estimate of drug-likeness (QED) is 0.584. The Morgan fingerprint density at radius 1 is 1.13 bits per heavy atom. The molecule has 0 atom stereocenters. The fourth-order valence-corrected chi connectivity index (χ4v) is 3.81. The molecule has 0 aliphatic heterocycles. The van der Waals surface area contributed by atoms with E-state index in [-0.39, 0.29) is 5.91 Å². The van der Waals surface area contributed by atoms with E-state index in [0.29, 0.717) is 14.6 Å². The van der Waals surface area contributed by atoms with Crippen LogP contribution in [0.5, 0.6) is 0 Å². The Morgan fingerprint density at radius 2 is 1.87 bits per heavy atom. The number of amides is 1. The molecule has 0 aliphatic carbocycles. The lowest BCUT2D eigenvalue weighted by molar-refractivity contribution is 0.0606. The number of benzene rings is 1. The summed E-state index contributed by atoms with van der Waals surface area (Å²) in [7, 11) is 3.20. The van der Waals surface area contributed by atoms with Crippen LogP contribution in [0.3, 0.4) is 0 Å². The van der Waals surface area contributed by atoms with Crippen molar-refractivity contribution in [3.05, 3.63) is 51.0 Å². The van der Waals surface area contributed by atoms with E-state index in [1.807, 2.05) is 35.9 Å². The van der Waals surface area contributed by atoms with Gasteiger partial charge < -0.3 is 9.30 Å². The van der Waals surface area contributed by atoms with E-state index in [4.69, 9.17) is 0 Å². The molecule has 0 bridgehead atoms. The molecular weight excluding hydrogens is 334 g/mol. The molecule has 6 nitrogen and oxygen atoms in total. The fraction of sp³-hybridized carbons (Fsp3) is 0.133. The number of nitrogens with one attached hydrogen (secondary N) is 1. The number of rotatable bonds is 3. The van der Waals surface area contributed by atoms with Crippen molar-refractivity contribution in [1.82, 2.24) is 9.99 Å². The summed E-state index contributed by atoms with van der Waals surface area (Å²) in [6.45, 7) is 0. The molecule has 2 heterocycles. The molecule has 1 N–H and O–H groups in total. The zero-order valence-corrected chi connectivity index (χ0v) is 14.0. The summed E-state index contributed by atoms with van der Waals surface area (Å²) in [5, 5.41) is 4.17. The van der Waals surface area contributed by atoms with Crippen molar-refractivity contribution in [3.63, 3.8) is 0 Å². The monoisotopic (exact) mass is 347 g/mol. The van der Waals surface area contributed by atoms with Gasteiger partial charge in [0.1, 0.15) is 4.88 Å². The average molecular weight is 347 g/mol. The number of para-hydroxylation sites is 1. The van der Waals surface area contributed by atoms with Crippen LogP contribution < -0.4 is 10.2 Å². The van der Waals surface area contributed by atoms with Crippen molar-refractivity contribution >= 4 is 44.8 Å². The maximum atomic E-state index is 12.1. The number of hydrogen-bond donors (Lipinski definition) is 1. The van der Waals surface area contributed by atoms with E-state index >= 15 is 0 Å². The van der Waals surface area contributed by atoms with E-state index in [2.05, 4.69) is 15.3 Å². The third-order valence-electron chi connectivity index (χ3n) is 3.18. The zero-order chi connectivity index (χ0) is 16.4. The Morgan fingerprint density at radius 3 is 2.61 bits per heavy atom. The zero-order valence-electron chi connectivity index (χ0n) is 12.4. The maximum Gasteiger partial charge on any atom is 0.348 e. The molecule has 1 amide bonds. The van der Waals surface area contributed by atoms with Gasteiger partial charge >= 0.3 is 5.97 Å². The highest BCUT2D eigenvalue weighted by atomic mass is 32.1. The van der Waals surface area contributed by atoms with Gasteiger partial charge in [-0.15, -0.1) is 16.4 Å². The first-order chi connectivity index (χ1) is 11.1. The van der Waals surface area contributed by atoms with Crippen LogP contribution in [-0.2, 0) is 11.8 Å². The number of esters is 1. The Kier molecular flexibility index (Phi) is 4.26. The van der Waals surface area contributed by atoms with Gasteiger partial charge in [0.15, 0.2) is 0 Å². The molecule has 0 saturated carbocycles. The summed E-state index contributed by atoms with van der Waals surface area (Å²) in [5.41, 5.74) is 3.57. The van der Waals surface area contributed by atoms with Crippen LogP contribution in [0.1, 0.15) is 19.3 Å². The molecule has 0 unspecified atom stereocenters. The van der Waals surface area contributed by atoms with Crippen LogP contribution in [0.4, 0.5) is 0 Å². The summed E-state index contributed by atoms with van der Waals surface area (Å²) < 4.78 is 7.62. The first-order valence-electron chi connectivity index (χ1n) is 6.67. The second kappa shape index (κ2) is 6.35. The minimum atomic E-state index is -0.457. The number of hydrogen-bond acceptors (Lipinski definition) is 6. The fourth-order valence-electron chi connectivity index (χ4n) is 2.01. The molecule has 0 fully saturated rings. The summed E-state index contributed by atoms with van der Waals surface area (Å²) in [6.07, 6.45) is 0. The highest BCUT2D eigenvalue weighted by molar-refractivity contribution is 7.16. The molecule has 2 aromatic heterocycles. The Labute approximate surface area is 139 Å². The minimum Gasteiger partial charge on any atom is -0.465 e. The highest BCUT2D eigenvalue weighted by Gasteiger charge is 2.13. The van der Waals surface area contributed by atoms with Crippen molar-refractivity contribution in [3.8, 4) is 0 Å². The van der Waals surface area contributed by atoms with Crippen molar-refractivity contribution in [2.24, 2.45) is 12.1 Å². The largest absolute Gasteiger partial charge is 0.465 e. The van der Waals surface area contributed by atoms with Crippen molar-refractivity contribution < 1.29 is 14.3 Å². The van der Waals surface area contributed by atoms with Crippen LogP contribution in [0.25, 0.3) is 10.2 Å². The molecule has 3 aromatic rings. The van der Waals surface area contributed by atoms with Crippen LogP contribution in [-0.4, -0.2) is 23.6 Å². The van der Waals surface area contributed by atoms with Crippen molar-refractivity contribution in [1.29, 1.82) is 0 Å². The molecule has 0 aliphatic rings. The Hall–Kier alpha value is -2.45. The normalized spacial score (nSPS) is 11.7. The lowest BCUT2D eigenvalue weighted by Crippen LogP contribution is -2.22. The van der Waals surface area contributed by atoms with Gasteiger partial charge in [-0.3, -0.25) is 4.79 Å². The smallest absolute Gasteiger partial charge is 0.348 e. The van der Waals surface area contributed by atoms with Crippen LogP contribution >= 0.6 is 22.7 Å². The van der Waals surface area contributed by atoms with Gasteiger partial charge in [-0.25, -0.2) is 10.2 Å². The van der Waals surface area contributed by atoms with E-state index in [1.165, 1.54) is 18.4 Å². The third kappa shape index (κ3) is 3.03. The molecule has 1 aromatic carbocycles. The number of carbonyl (C=O) groups is 2. The van der Waals surface area contributed by atoms with Crippen LogP contribution in [0.15, 0.2) is 41.5 Å². The number of methoxy groups -OCH3 is 1. The SMILES string of the molecule is COC(=O)c1ccc(C(=O)N/N=c2/sc3ccccc3n2C)s1. The van der Waals surface area contributed by atoms with Crippen molar-refractivity contribution in [2.45, 2.75) is 0 Å². The first-order valence-corrected chi connectivity index (χ1v) is 8.30. The topological polar surface area (TPSA) is 72.7 Å². The lowest BCUT2D eigenvalue weighted by atomic mass is 10.3. The number of aryl methyl sites for hydroxylation is 1. The molecule has 8 heteroatoms. The van der Waals surface area contributed by atoms with Gasteiger partial charge in [0.2, 0.25) is 4.80 Å². The second-order valence-corrected chi connectivity index (χ2v) is 6.71. The predicted octanol–water partition coefficient (Wildman–Crippen LogP) is 2.33. The van der Waals surface area contributed by atoms with E-state index in [1.54, 1.807) is 12.1 Å². The number of carbonyl (C=O) groups excluding carboxylic acids is 2. The Balaban J connectivity index is 1.83. The van der Waals surface area contributed by atoms with Gasteiger partial charge in [0.25, 0.3) is 5.91 Å². The number of thiophene rings is 1. The van der Waals surface area contributed by atoms with Gasteiger partial charge in [0, 0.05) is 7.05 Å². The van der Waals surface area contributed by atoms with E-state index in [9.17, 15) is 9.59 Å². The second-order valence-electron chi connectivity index (χ2n) is 4.62. The number of fused-ring (bicyclic) bond motifs is 1. The summed E-state index contributed by atoms with van der Waals surface area (Å²) in [4.78, 5) is 25.0.